The summed E-state index contributed by atoms with van der Waals surface area (Å²) in [6.45, 7) is 0. The van der Waals surface area contributed by atoms with E-state index < -0.39 is 6.16 Å². The summed E-state index contributed by atoms with van der Waals surface area (Å²) >= 11 is 4.64. The molecule has 0 saturated carbocycles. The Balaban J connectivity index is 2.38. The standard InChI is InChI=1S/C12H11BrN4O3S/c1-21-11-15-5-9(20-12(18)19)10(17-11)16-8-3-2-6(13)4-7(8)14/h2-5H,14H2,1H3,(H,18,19)(H,15,16,17). The molecule has 0 amide bonds. The lowest BCUT2D eigenvalue weighted by molar-refractivity contribution is 0.144. The molecule has 1 aromatic heterocycles. The summed E-state index contributed by atoms with van der Waals surface area (Å²) in [7, 11) is 0. The number of hydrogen-bond acceptors (Lipinski definition) is 7. The molecule has 0 spiro atoms. The van der Waals surface area contributed by atoms with Gasteiger partial charge in [0.1, 0.15) is 0 Å². The number of rotatable bonds is 4. The van der Waals surface area contributed by atoms with Crippen LogP contribution in [0.15, 0.2) is 34.0 Å². The number of hydrogen-bond donors (Lipinski definition) is 3. The normalized spacial score (nSPS) is 10.2. The van der Waals surface area contributed by atoms with Crippen LogP contribution < -0.4 is 15.8 Å². The van der Waals surface area contributed by atoms with Gasteiger partial charge in [-0.25, -0.2) is 14.8 Å². The van der Waals surface area contributed by atoms with Gasteiger partial charge in [0.2, 0.25) is 0 Å². The molecule has 21 heavy (non-hydrogen) atoms. The van der Waals surface area contributed by atoms with E-state index in [0.717, 1.165) is 4.47 Å². The van der Waals surface area contributed by atoms with Crippen molar-refractivity contribution in [1.82, 2.24) is 9.97 Å². The SMILES string of the molecule is CSc1ncc(OC(=O)O)c(Nc2ccc(Br)cc2N)n1. The van der Waals surface area contributed by atoms with Crippen LogP contribution in [0.25, 0.3) is 0 Å². The van der Waals surface area contributed by atoms with Crippen molar-refractivity contribution in [1.29, 1.82) is 0 Å². The molecular formula is C12H11BrN4O3S. The number of nitrogen functional groups attached to an aromatic ring is 1. The maximum Gasteiger partial charge on any atom is 0.511 e. The molecule has 2 aromatic rings. The van der Waals surface area contributed by atoms with Crippen molar-refractivity contribution in [3.8, 4) is 5.75 Å². The van der Waals surface area contributed by atoms with Crippen molar-refractivity contribution in [2.75, 3.05) is 17.3 Å². The molecule has 7 nitrogen and oxygen atoms in total. The topological polar surface area (TPSA) is 110 Å². The Bertz CT molecular complexity index is 684. The zero-order chi connectivity index (χ0) is 15.4. The molecule has 0 bridgehead atoms. The molecular weight excluding hydrogens is 360 g/mol. The second-order valence-corrected chi connectivity index (χ2v) is 5.48. The van der Waals surface area contributed by atoms with Crippen LogP contribution in [0, 0.1) is 0 Å². The summed E-state index contributed by atoms with van der Waals surface area (Å²) < 4.78 is 5.48. The Morgan fingerprint density at radius 3 is 2.90 bits per heavy atom. The Hall–Kier alpha value is -2.00. The maximum atomic E-state index is 10.7. The first-order valence-electron chi connectivity index (χ1n) is 5.63. The third-order valence-electron chi connectivity index (χ3n) is 2.38. The largest absolute Gasteiger partial charge is 0.511 e. The number of halogens is 1. The fourth-order valence-electron chi connectivity index (χ4n) is 1.49. The number of thioether (sulfide) groups is 1. The average molecular weight is 371 g/mol. The number of ether oxygens (including phenoxy) is 1. The quantitative estimate of drug-likeness (QED) is 0.325. The lowest BCUT2D eigenvalue weighted by atomic mass is 10.2. The second kappa shape index (κ2) is 6.64. The van der Waals surface area contributed by atoms with Crippen LogP contribution in [0.5, 0.6) is 5.75 Å². The first-order chi connectivity index (χ1) is 9.99. The van der Waals surface area contributed by atoms with E-state index in [2.05, 4.69) is 36.0 Å². The molecule has 0 saturated heterocycles. The predicted octanol–water partition coefficient (Wildman–Crippen LogP) is 3.34. The van der Waals surface area contributed by atoms with Gasteiger partial charge in [0.25, 0.3) is 0 Å². The highest BCUT2D eigenvalue weighted by atomic mass is 79.9. The Labute approximate surface area is 133 Å². The number of nitrogens with two attached hydrogens (primary N) is 1. The number of carbonyl (C=O) groups is 1. The summed E-state index contributed by atoms with van der Waals surface area (Å²) in [4.78, 5) is 18.9. The van der Waals surface area contributed by atoms with E-state index in [4.69, 9.17) is 10.8 Å². The molecule has 0 aliphatic carbocycles. The molecule has 0 unspecified atom stereocenters. The van der Waals surface area contributed by atoms with Gasteiger partial charge in [-0.1, -0.05) is 27.7 Å². The highest BCUT2D eigenvalue weighted by molar-refractivity contribution is 9.10. The van der Waals surface area contributed by atoms with Crippen LogP contribution in [-0.4, -0.2) is 27.5 Å². The fraction of sp³-hybridized carbons (Fsp3) is 0.0833. The van der Waals surface area contributed by atoms with Gasteiger partial charge in [0.15, 0.2) is 16.7 Å². The molecule has 0 atom stereocenters. The second-order valence-electron chi connectivity index (χ2n) is 3.79. The Morgan fingerprint density at radius 2 is 2.29 bits per heavy atom. The minimum absolute atomic E-state index is 0.00242. The van der Waals surface area contributed by atoms with Crippen LogP contribution in [0.4, 0.5) is 22.0 Å². The number of carboxylic acid groups (broad SMARTS) is 1. The molecule has 2 rings (SSSR count). The number of benzene rings is 1. The molecule has 0 fully saturated rings. The van der Waals surface area contributed by atoms with Crippen molar-refractivity contribution in [2.45, 2.75) is 5.16 Å². The lowest BCUT2D eigenvalue weighted by Gasteiger charge is -2.12. The van der Waals surface area contributed by atoms with Crippen molar-refractivity contribution in [2.24, 2.45) is 0 Å². The van der Waals surface area contributed by atoms with Crippen LogP contribution in [0.1, 0.15) is 0 Å². The highest BCUT2D eigenvalue weighted by Crippen LogP contribution is 2.31. The predicted molar refractivity (Wildman–Crippen MR) is 84.3 cm³/mol. The third-order valence-corrected chi connectivity index (χ3v) is 3.43. The van der Waals surface area contributed by atoms with Crippen LogP contribution in [0.2, 0.25) is 0 Å². The zero-order valence-corrected chi connectivity index (χ0v) is 13.2. The third kappa shape index (κ3) is 3.99. The number of anilines is 3. The van der Waals surface area contributed by atoms with Crippen molar-refractivity contribution in [3.05, 3.63) is 28.9 Å². The van der Waals surface area contributed by atoms with Gasteiger partial charge >= 0.3 is 6.16 Å². The maximum absolute atomic E-state index is 10.7. The molecule has 0 radical (unpaired) electrons. The molecule has 4 N–H and O–H groups in total. The minimum atomic E-state index is -1.44. The first kappa shape index (κ1) is 15.4. The van der Waals surface area contributed by atoms with E-state index in [1.165, 1.54) is 18.0 Å². The van der Waals surface area contributed by atoms with Gasteiger partial charge < -0.3 is 20.9 Å². The Morgan fingerprint density at radius 1 is 1.52 bits per heavy atom. The molecule has 110 valence electrons. The summed E-state index contributed by atoms with van der Waals surface area (Å²) in [5, 5.41) is 12.2. The molecule has 0 aliphatic rings. The van der Waals surface area contributed by atoms with E-state index in [0.29, 0.717) is 16.5 Å². The Kier molecular flexibility index (Phi) is 4.86. The molecule has 1 heterocycles. The minimum Gasteiger partial charge on any atom is -0.449 e. The van der Waals surface area contributed by atoms with Gasteiger partial charge in [-0.15, -0.1) is 0 Å². The summed E-state index contributed by atoms with van der Waals surface area (Å²) in [6.07, 6.45) is 1.66. The molecule has 0 aliphatic heterocycles. The van der Waals surface area contributed by atoms with Gasteiger partial charge in [-0.05, 0) is 24.5 Å². The highest BCUT2D eigenvalue weighted by Gasteiger charge is 2.13. The van der Waals surface area contributed by atoms with Crippen LogP contribution in [0.3, 0.4) is 0 Å². The lowest BCUT2D eigenvalue weighted by Crippen LogP contribution is -2.08. The van der Waals surface area contributed by atoms with Crippen LogP contribution >= 0.6 is 27.7 Å². The van der Waals surface area contributed by atoms with E-state index in [1.54, 1.807) is 18.2 Å². The smallest absolute Gasteiger partial charge is 0.449 e. The summed E-state index contributed by atoms with van der Waals surface area (Å²) in [5.41, 5.74) is 6.96. The van der Waals surface area contributed by atoms with E-state index in [9.17, 15) is 4.79 Å². The van der Waals surface area contributed by atoms with Crippen molar-refractivity contribution in [3.63, 3.8) is 0 Å². The number of nitrogens with zero attached hydrogens (tertiary/aromatic N) is 2. The fourth-order valence-corrected chi connectivity index (χ4v) is 2.21. The van der Waals surface area contributed by atoms with Crippen LogP contribution in [-0.2, 0) is 0 Å². The van der Waals surface area contributed by atoms with E-state index in [-0.39, 0.29) is 11.6 Å². The molecule has 9 heteroatoms. The summed E-state index contributed by atoms with van der Waals surface area (Å²) in [5.74, 6) is 0.230. The number of aromatic nitrogens is 2. The van der Waals surface area contributed by atoms with Gasteiger partial charge in [0.05, 0.1) is 17.6 Å². The average Bonchev–Trinajstić information content (AvgIpc) is 2.43. The van der Waals surface area contributed by atoms with Gasteiger partial charge in [-0.3, -0.25) is 0 Å². The first-order valence-corrected chi connectivity index (χ1v) is 7.65. The van der Waals surface area contributed by atoms with E-state index in [1.807, 2.05) is 6.26 Å². The molecule has 1 aromatic carbocycles. The van der Waals surface area contributed by atoms with Crippen molar-refractivity contribution >= 4 is 51.0 Å². The number of nitrogens with one attached hydrogen (secondary N) is 1. The van der Waals surface area contributed by atoms with Gasteiger partial charge in [-0.2, -0.15) is 0 Å². The monoisotopic (exact) mass is 370 g/mol. The zero-order valence-electron chi connectivity index (χ0n) is 10.8. The van der Waals surface area contributed by atoms with E-state index >= 15 is 0 Å². The summed E-state index contributed by atoms with van der Waals surface area (Å²) in [6, 6.07) is 5.26. The van der Waals surface area contributed by atoms with Gasteiger partial charge in [0, 0.05) is 4.47 Å². The van der Waals surface area contributed by atoms with Crippen molar-refractivity contribution < 1.29 is 14.6 Å².